The van der Waals surface area contributed by atoms with Crippen molar-refractivity contribution in [2.45, 2.75) is 13.1 Å². The van der Waals surface area contributed by atoms with Gasteiger partial charge in [0.2, 0.25) is 0 Å². The zero-order valence-electron chi connectivity index (χ0n) is 16.0. The Morgan fingerprint density at radius 2 is 1.52 bits per heavy atom. The molecule has 0 saturated heterocycles. The fourth-order valence-corrected chi connectivity index (χ4v) is 3.02. The van der Waals surface area contributed by atoms with Crippen molar-refractivity contribution >= 4 is 35.1 Å². The summed E-state index contributed by atoms with van der Waals surface area (Å²) >= 11 is 11.9. The third kappa shape index (κ3) is 6.08. The van der Waals surface area contributed by atoms with Gasteiger partial charge in [-0.05, 0) is 70.2 Å². The molecule has 0 aliphatic heterocycles. The van der Waals surface area contributed by atoms with Crippen LogP contribution in [0.2, 0.25) is 10.0 Å². The first kappa shape index (κ1) is 21.5. The molecule has 144 valence electrons. The lowest BCUT2D eigenvalue weighted by molar-refractivity contribution is 0.104. The van der Waals surface area contributed by atoms with E-state index in [9.17, 15) is 9.90 Å². The smallest absolute Gasteiger partial charge is 0.185 e. The standard InChI is InChI=1S/C21H24Cl2N2O2/c1-24(2)12-16-9-14(10-17(21(16)27)13-25(3)4)5-8-20(26)15-6-7-18(22)19(23)11-15/h5-11,27H,12-13H2,1-4H3/b8-5-. The second-order valence-electron chi connectivity index (χ2n) is 6.99. The number of benzene rings is 2. The molecule has 6 heteroatoms. The van der Waals surface area contributed by atoms with Crippen molar-refractivity contribution in [1.29, 1.82) is 0 Å². The zero-order chi connectivity index (χ0) is 20.1. The number of allylic oxidation sites excluding steroid dienone is 1. The number of rotatable bonds is 7. The summed E-state index contributed by atoms with van der Waals surface area (Å²) in [6.07, 6.45) is 3.26. The first-order valence-electron chi connectivity index (χ1n) is 8.49. The minimum absolute atomic E-state index is 0.162. The third-order valence-corrected chi connectivity index (χ3v) is 4.63. The average molecular weight is 407 g/mol. The Morgan fingerprint density at radius 3 is 2.00 bits per heavy atom. The molecule has 0 amide bonds. The first-order valence-corrected chi connectivity index (χ1v) is 9.24. The number of hydrogen-bond acceptors (Lipinski definition) is 4. The van der Waals surface area contributed by atoms with Crippen LogP contribution in [0.15, 0.2) is 36.4 Å². The summed E-state index contributed by atoms with van der Waals surface area (Å²) in [6.45, 7) is 1.21. The van der Waals surface area contributed by atoms with Gasteiger partial charge < -0.3 is 14.9 Å². The van der Waals surface area contributed by atoms with Crippen LogP contribution >= 0.6 is 23.2 Å². The topological polar surface area (TPSA) is 43.8 Å². The van der Waals surface area contributed by atoms with Crippen LogP contribution in [0.25, 0.3) is 6.08 Å². The van der Waals surface area contributed by atoms with Crippen molar-refractivity contribution in [2.24, 2.45) is 0 Å². The van der Waals surface area contributed by atoms with Crippen molar-refractivity contribution in [3.8, 4) is 5.75 Å². The number of aromatic hydroxyl groups is 1. The fourth-order valence-electron chi connectivity index (χ4n) is 2.72. The molecule has 0 atom stereocenters. The van der Waals surface area contributed by atoms with Crippen LogP contribution in [0.4, 0.5) is 0 Å². The maximum Gasteiger partial charge on any atom is 0.185 e. The molecule has 0 aliphatic carbocycles. The third-order valence-electron chi connectivity index (χ3n) is 3.89. The number of nitrogens with zero attached hydrogens (tertiary/aromatic N) is 2. The molecule has 0 aromatic heterocycles. The molecule has 0 heterocycles. The Hall–Kier alpha value is -1.85. The van der Waals surface area contributed by atoms with Crippen molar-refractivity contribution < 1.29 is 9.90 Å². The van der Waals surface area contributed by atoms with Crippen molar-refractivity contribution in [3.05, 3.63) is 68.7 Å². The van der Waals surface area contributed by atoms with Gasteiger partial charge in [0, 0.05) is 29.8 Å². The Labute approximate surface area is 170 Å². The SMILES string of the molecule is CN(C)Cc1cc(/C=C\C(=O)c2ccc(Cl)c(Cl)c2)cc(CN(C)C)c1O. The largest absolute Gasteiger partial charge is 0.507 e. The predicted octanol–water partition coefficient (Wildman–Crippen LogP) is 4.72. The molecule has 0 fully saturated rings. The normalized spacial score (nSPS) is 11.7. The number of phenols is 1. The molecule has 0 saturated carbocycles. The van der Waals surface area contributed by atoms with Crippen LogP contribution in [0, 0.1) is 0 Å². The van der Waals surface area contributed by atoms with E-state index in [2.05, 4.69) is 0 Å². The lowest BCUT2D eigenvalue weighted by Crippen LogP contribution is -2.14. The summed E-state index contributed by atoms with van der Waals surface area (Å²) in [4.78, 5) is 16.4. The second kappa shape index (κ2) is 9.38. The van der Waals surface area contributed by atoms with Gasteiger partial charge >= 0.3 is 0 Å². The van der Waals surface area contributed by atoms with Crippen LogP contribution in [0.3, 0.4) is 0 Å². The number of carbonyl (C=O) groups excluding carboxylic acids is 1. The van der Waals surface area contributed by atoms with Gasteiger partial charge in [0.25, 0.3) is 0 Å². The Balaban J connectivity index is 2.34. The van der Waals surface area contributed by atoms with E-state index in [-0.39, 0.29) is 5.78 Å². The average Bonchev–Trinajstić information content (AvgIpc) is 2.58. The molecule has 0 radical (unpaired) electrons. The number of hydrogen-bond donors (Lipinski definition) is 1. The molecule has 4 nitrogen and oxygen atoms in total. The molecular weight excluding hydrogens is 383 g/mol. The first-order chi connectivity index (χ1) is 12.7. The van der Waals surface area contributed by atoms with Gasteiger partial charge in [-0.15, -0.1) is 0 Å². The van der Waals surface area contributed by atoms with Crippen LogP contribution in [-0.4, -0.2) is 48.9 Å². The summed E-state index contributed by atoms with van der Waals surface area (Å²) in [6, 6.07) is 8.60. The second-order valence-corrected chi connectivity index (χ2v) is 7.80. The van der Waals surface area contributed by atoms with E-state index in [0.29, 0.717) is 34.4 Å². The fraction of sp³-hybridized carbons (Fsp3) is 0.286. The molecule has 2 aromatic rings. The van der Waals surface area contributed by atoms with Crippen molar-refractivity contribution in [3.63, 3.8) is 0 Å². The number of phenolic OH excluding ortho intramolecular Hbond substituents is 1. The highest BCUT2D eigenvalue weighted by molar-refractivity contribution is 6.42. The molecular formula is C21H24Cl2N2O2. The van der Waals surface area contributed by atoms with Crippen molar-refractivity contribution in [2.75, 3.05) is 28.2 Å². The van der Waals surface area contributed by atoms with Crippen LogP contribution in [-0.2, 0) is 13.1 Å². The monoisotopic (exact) mass is 406 g/mol. The van der Waals surface area contributed by atoms with Crippen LogP contribution in [0.5, 0.6) is 5.75 Å². The Bertz CT molecular complexity index is 830. The Kier molecular flexibility index (Phi) is 7.45. The van der Waals surface area contributed by atoms with E-state index in [1.807, 2.05) is 50.1 Å². The van der Waals surface area contributed by atoms with Crippen LogP contribution < -0.4 is 0 Å². The van der Waals surface area contributed by atoms with E-state index in [1.165, 1.54) is 6.08 Å². The van der Waals surface area contributed by atoms with Gasteiger partial charge in [0.05, 0.1) is 10.0 Å². The summed E-state index contributed by atoms with van der Waals surface area (Å²) in [5.41, 5.74) is 2.97. The maximum atomic E-state index is 12.4. The van der Waals surface area contributed by atoms with Crippen LogP contribution in [0.1, 0.15) is 27.0 Å². The highest BCUT2D eigenvalue weighted by atomic mass is 35.5. The van der Waals surface area contributed by atoms with Gasteiger partial charge in [0.15, 0.2) is 5.78 Å². The maximum absolute atomic E-state index is 12.4. The number of ketones is 1. The lowest BCUT2D eigenvalue weighted by Gasteiger charge is -2.17. The molecule has 27 heavy (non-hydrogen) atoms. The lowest BCUT2D eigenvalue weighted by atomic mass is 10.0. The number of halogens is 2. The molecule has 0 unspecified atom stereocenters. The molecule has 2 aromatic carbocycles. The minimum atomic E-state index is -0.162. The van der Waals surface area contributed by atoms with E-state index >= 15 is 0 Å². The quantitative estimate of drug-likeness (QED) is 0.533. The molecule has 1 N–H and O–H groups in total. The van der Waals surface area contributed by atoms with E-state index in [4.69, 9.17) is 23.2 Å². The van der Waals surface area contributed by atoms with E-state index in [0.717, 1.165) is 16.7 Å². The molecule has 2 rings (SSSR count). The van der Waals surface area contributed by atoms with Gasteiger partial charge in [-0.3, -0.25) is 4.79 Å². The summed E-state index contributed by atoms with van der Waals surface area (Å²) < 4.78 is 0. The van der Waals surface area contributed by atoms with E-state index in [1.54, 1.807) is 24.3 Å². The highest BCUT2D eigenvalue weighted by Gasteiger charge is 2.12. The van der Waals surface area contributed by atoms with Gasteiger partial charge in [0.1, 0.15) is 5.75 Å². The minimum Gasteiger partial charge on any atom is -0.507 e. The molecule has 0 spiro atoms. The number of carbonyl (C=O) groups is 1. The zero-order valence-corrected chi connectivity index (χ0v) is 17.5. The van der Waals surface area contributed by atoms with Gasteiger partial charge in [-0.25, -0.2) is 0 Å². The summed E-state index contributed by atoms with van der Waals surface area (Å²) in [5.74, 6) is 0.135. The van der Waals surface area contributed by atoms with Crippen molar-refractivity contribution in [1.82, 2.24) is 9.80 Å². The summed E-state index contributed by atoms with van der Waals surface area (Å²) in [5, 5.41) is 11.3. The predicted molar refractivity (Wildman–Crippen MR) is 113 cm³/mol. The summed E-state index contributed by atoms with van der Waals surface area (Å²) in [7, 11) is 7.78. The Morgan fingerprint density at radius 1 is 0.963 bits per heavy atom. The highest BCUT2D eigenvalue weighted by Crippen LogP contribution is 2.28. The van der Waals surface area contributed by atoms with Gasteiger partial charge in [-0.1, -0.05) is 29.3 Å². The van der Waals surface area contributed by atoms with E-state index < -0.39 is 0 Å². The van der Waals surface area contributed by atoms with Gasteiger partial charge in [-0.2, -0.15) is 0 Å². The molecule has 0 aliphatic rings. The molecule has 0 bridgehead atoms.